The standard InChI is InChI=1S/C17H28N4O2.HI/c1-17(2,15(22)18-3)12-21-16(19-4)20-11-10-13-6-8-14(23-5)9-7-13;/h6-9H,10-12H2,1-5H3,(H,18,22)(H2,19,20,21);1H. The lowest BCUT2D eigenvalue weighted by atomic mass is 9.92. The maximum atomic E-state index is 11.8. The zero-order valence-corrected chi connectivity index (χ0v) is 17.4. The van der Waals surface area contributed by atoms with Gasteiger partial charge < -0.3 is 20.7 Å². The van der Waals surface area contributed by atoms with E-state index in [0.29, 0.717) is 12.5 Å². The Bertz CT molecular complexity index is 530. The molecule has 0 aliphatic rings. The number of amides is 1. The molecule has 0 atom stereocenters. The molecule has 0 radical (unpaired) electrons. The van der Waals surface area contributed by atoms with E-state index < -0.39 is 5.41 Å². The number of ether oxygens (including phenoxy) is 1. The van der Waals surface area contributed by atoms with Crippen LogP contribution >= 0.6 is 24.0 Å². The summed E-state index contributed by atoms with van der Waals surface area (Å²) in [6.07, 6.45) is 0.879. The Morgan fingerprint density at radius 3 is 2.33 bits per heavy atom. The fourth-order valence-electron chi connectivity index (χ4n) is 2.06. The van der Waals surface area contributed by atoms with Gasteiger partial charge in [-0.15, -0.1) is 24.0 Å². The number of nitrogens with zero attached hydrogens (tertiary/aromatic N) is 1. The summed E-state index contributed by atoms with van der Waals surface area (Å²) in [4.78, 5) is 15.9. The number of halogens is 1. The summed E-state index contributed by atoms with van der Waals surface area (Å²) in [6.45, 7) is 5.05. The lowest BCUT2D eigenvalue weighted by Crippen LogP contribution is -2.47. The molecule has 0 heterocycles. The topological polar surface area (TPSA) is 74.8 Å². The fourth-order valence-corrected chi connectivity index (χ4v) is 2.06. The largest absolute Gasteiger partial charge is 0.497 e. The number of benzene rings is 1. The Balaban J connectivity index is 0.00000529. The Kier molecular flexibility index (Phi) is 10.4. The molecule has 1 aromatic carbocycles. The zero-order valence-electron chi connectivity index (χ0n) is 15.1. The summed E-state index contributed by atoms with van der Waals surface area (Å²) in [5, 5.41) is 9.11. The lowest BCUT2D eigenvalue weighted by Gasteiger charge is -2.24. The molecule has 6 nitrogen and oxygen atoms in total. The van der Waals surface area contributed by atoms with E-state index in [1.165, 1.54) is 5.56 Å². The van der Waals surface area contributed by atoms with E-state index in [4.69, 9.17) is 4.74 Å². The Hall–Kier alpha value is -1.51. The smallest absolute Gasteiger partial charge is 0.227 e. The number of nitrogens with one attached hydrogen (secondary N) is 3. The molecule has 0 fully saturated rings. The second kappa shape index (κ2) is 11.1. The van der Waals surface area contributed by atoms with Gasteiger partial charge in [0.1, 0.15) is 5.75 Å². The maximum absolute atomic E-state index is 11.8. The Labute approximate surface area is 161 Å². The van der Waals surface area contributed by atoms with Gasteiger partial charge in [0.05, 0.1) is 12.5 Å². The van der Waals surface area contributed by atoms with Crippen LogP contribution in [0.1, 0.15) is 19.4 Å². The van der Waals surface area contributed by atoms with Crippen molar-refractivity contribution in [2.24, 2.45) is 10.4 Å². The van der Waals surface area contributed by atoms with Gasteiger partial charge in [-0.05, 0) is 38.0 Å². The third-order valence-electron chi connectivity index (χ3n) is 3.63. The Morgan fingerprint density at radius 1 is 1.21 bits per heavy atom. The quantitative estimate of drug-likeness (QED) is 0.338. The third kappa shape index (κ3) is 7.37. The molecular formula is C17H29IN4O2. The van der Waals surface area contributed by atoms with Crippen molar-refractivity contribution >= 4 is 35.8 Å². The molecule has 1 amide bonds. The van der Waals surface area contributed by atoms with Crippen molar-refractivity contribution in [1.82, 2.24) is 16.0 Å². The normalized spacial score (nSPS) is 11.3. The van der Waals surface area contributed by atoms with Crippen LogP contribution in [0.2, 0.25) is 0 Å². The van der Waals surface area contributed by atoms with Crippen LogP contribution < -0.4 is 20.7 Å². The van der Waals surface area contributed by atoms with Crippen molar-refractivity contribution in [2.45, 2.75) is 20.3 Å². The van der Waals surface area contributed by atoms with E-state index in [2.05, 4.69) is 20.9 Å². The molecule has 0 saturated carbocycles. The zero-order chi connectivity index (χ0) is 17.3. The molecule has 0 unspecified atom stereocenters. The van der Waals surface area contributed by atoms with Crippen LogP contribution in [0.4, 0.5) is 0 Å². The summed E-state index contributed by atoms with van der Waals surface area (Å²) in [6, 6.07) is 8.00. The second-order valence-electron chi connectivity index (χ2n) is 5.91. The van der Waals surface area contributed by atoms with Crippen LogP contribution in [0.5, 0.6) is 5.75 Å². The first-order chi connectivity index (χ1) is 10.9. The molecule has 1 aromatic rings. The molecule has 0 aromatic heterocycles. The minimum absolute atomic E-state index is 0. The average molecular weight is 448 g/mol. The molecule has 0 aliphatic heterocycles. The summed E-state index contributed by atoms with van der Waals surface area (Å²) in [5.74, 6) is 1.55. The molecule has 0 spiro atoms. The highest BCUT2D eigenvalue weighted by Gasteiger charge is 2.26. The predicted octanol–water partition coefficient (Wildman–Crippen LogP) is 1.79. The summed E-state index contributed by atoms with van der Waals surface area (Å²) < 4.78 is 5.14. The maximum Gasteiger partial charge on any atom is 0.227 e. The highest BCUT2D eigenvalue weighted by molar-refractivity contribution is 14.0. The first-order valence-electron chi connectivity index (χ1n) is 7.72. The van der Waals surface area contributed by atoms with Crippen LogP contribution in [0.25, 0.3) is 0 Å². The average Bonchev–Trinajstić information content (AvgIpc) is 2.57. The molecule has 136 valence electrons. The van der Waals surface area contributed by atoms with Gasteiger partial charge in [0.25, 0.3) is 0 Å². The van der Waals surface area contributed by atoms with Gasteiger partial charge in [-0.3, -0.25) is 9.79 Å². The summed E-state index contributed by atoms with van der Waals surface area (Å²) >= 11 is 0. The van der Waals surface area contributed by atoms with E-state index in [0.717, 1.165) is 18.7 Å². The molecule has 0 saturated heterocycles. The predicted molar refractivity (Wildman–Crippen MR) is 109 cm³/mol. The number of guanidine groups is 1. The monoisotopic (exact) mass is 448 g/mol. The van der Waals surface area contributed by atoms with Gasteiger partial charge in [0, 0.05) is 27.2 Å². The summed E-state index contributed by atoms with van der Waals surface area (Å²) in [5.41, 5.74) is 0.724. The van der Waals surface area contributed by atoms with Crippen molar-refractivity contribution in [1.29, 1.82) is 0 Å². The number of methoxy groups -OCH3 is 1. The van der Waals surface area contributed by atoms with Crippen molar-refractivity contribution in [3.63, 3.8) is 0 Å². The molecule has 0 bridgehead atoms. The molecule has 24 heavy (non-hydrogen) atoms. The SMILES string of the molecule is CN=C(NCCc1ccc(OC)cc1)NCC(C)(C)C(=O)NC.I. The first kappa shape index (κ1) is 22.5. The molecule has 0 aliphatic carbocycles. The highest BCUT2D eigenvalue weighted by Crippen LogP contribution is 2.13. The first-order valence-corrected chi connectivity index (χ1v) is 7.72. The Morgan fingerprint density at radius 2 is 1.83 bits per heavy atom. The van der Waals surface area contributed by atoms with E-state index in [1.54, 1.807) is 21.2 Å². The minimum atomic E-state index is -0.498. The van der Waals surface area contributed by atoms with Crippen LogP contribution in [0.15, 0.2) is 29.3 Å². The van der Waals surface area contributed by atoms with Gasteiger partial charge in [-0.1, -0.05) is 12.1 Å². The number of carbonyl (C=O) groups is 1. The van der Waals surface area contributed by atoms with E-state index >= 15 is 0 Å². The number of carbonyl (C=O) groups excluding carboxylic acids is 1. The number of aliphatic imine (C=N–C) groups is 1. The second-order valence-corrected chi connectivity index (χ2v) is 5.91. The van der Waals surface area contributed by atoms with Gasteiger partial charge in [0.15, 0.2) is 5.96 Å². The van der Waals surface area contributed by atoms with Gasteiger partial charge in [-0.2, -0.15) is 0 Å². The highest BCUT2D eigenvalue weighted by atomic mass is 127. The van der Waals surface area contributed by atoms with Crippen molar-refractivity contribution in [2.75, 3.05) is 34.3 Å². The van der Waals surface area contributed by atoms with Crippen molar-refractivity contribution in [3.8, 4) is 5.75 Å². The van der Waals surface area contributed by atoms with Crippen LogP contribution in [-0.2, 0) is 11.2 Å². The lowest BCUT2D eigenvalue weighted by molar-refractivity contribution is -0.128. The molecule has 1 rings (SSSR count). The van der Waals surface area contributed by atoms with Crippen LogP contribution in [-0.4, -0.2) is 46.2 Å². The number of hydrogen-bond acceptors (Lipinski definition) is 3. The van der Waals surface area contributed by atoms with Gasteiger partial charge in [0.2, 0.25) is 5.91 Å². The van der Waals surface area contributed by atoms with Gasteiger partial charge >= 0.3 is 0 Å². The third-order valence-corrected chi connectivity index (χ3v) is 3.63. The van der Waals surface area contributed by atoms with E-state index in [9.17, 15) is 4.79 Å². The fraction of sp³-hybridized carbons (Fsp3) is 0.529. The minimum Gasteiger partial charge on any atom is -0.497 e. The van der Waals surface area contributed by atoms with Crippen LogP contribution in [0, 0.1) is 5.41 Å². The van der Waals surface area contributed by atoms with Crippen molar-refractivity contribution in [3.05, 3.63) is 29.8 Å². The van der Waals surface area contributed by atoms with Gasteiger partial charge in [-0.25, -0.2) is 0 Å². The molecule has 3 N–H and O–H groups in total. The number of rotatable bonds is 7. The number of hydrogen-bond donors (Lipinski definition) is 3. The van der Waals surface area contributed by atoms with Crippen molar-refractivity contribution < 1.29 is 9.53 Å². The van der Waals surface area contributed by atoms with E-state index in [-0.39, 0.29) is 29.9 Å². The molecule has 7 heteroatoms. The summed E-state index contributed by atoms with van der Waals surface area (Å²) in [7, 11) is 5.02. The van der Waals surface area contributed by atoms with Crippen LogP contribution in [0.3, 0.4) is 0 Å². The van der Waals surface area contributed by atoms with E-state index in [1.807, 2.05) is 38.1 Å². The molecular weight excluding hydrogens is 419 g/mol.